The Morgan fingerprint density at radius 3 is 1.59 bits per heavy atom. The molecule has 0 aliphatic rings. The van der Waals surface area contributed by atoms with E-state index in [4.69, 9.17) is 4.74 Å². The van der Waals surface area contributed by atoms with Gasteiger partial charge in [0.05, 0.1) is 6.61 Å². The summed E-state index contributed by atoms with van der Waals surface area (Å²) in [5, 5.41) is 0. The van der Waals surface area contributed by atoms with Crippen molar-refractivity contribution in [2.24, 2.45) is 5.92 Å². The number of unbranched alkanes of at least 4 members (excludes halogenated alkanes) is 16. The van der Waals surface area contributed by atoms with Gasteiger partial charge in [0.25, 0.3) is 0 Å². The second-order valence-corrected chi connectivity index (χ2v) is 11.7. The summed E-state index contributed by atoms with van der Waals surface area (Å²) in [5.74, 6) is 0.517. The van der Waals surface area contributed by atoms with Gasteiger partial charge in [-0.15, -0.1) is 0 Å². The van der Waals surface area contributed by atoms with Crippen molar-refractivity contribution < 1.29 is 9.53 Å². The van der Waals surface area contributed by atoms with Crippen LogP contribution in [0.2, 0.25) is 0 Å². The molecule has 1 rings (SSSR count). The van der Waals surface area contributed by atoms with Gasteiger partial charge in [0.15, 0.2) is 0 Å². The van der Waals surface area contributed by atoms with Gasteiger partial charge in [-0.3, -0.25) is 4.79 Å². The average molecular weight is 515 g/mol. The standard InChI is InChI=1S/C35H62O2/c1-5-7-9-11-13-15-16-18-20-22-24-33(23-21-19-17-14-12-10-8-6-2)30-37-35(36)28-27-34-26-25-31(3)29-32(34)4/h25-26,29,33H,5-24,27-28,30H2,1-4H3. The van der Waals surface area contributed by atoms with Crippen molar-refractivity contribution >= 4 is 5.97 Å². The van der Waals surface area contributed by atoms with Crippen LogP contribution in [-0.2, 0) is 16.0 Å². The number of rotatable bonds is 25. The molecule has 0 fully saturated rings. The van der Waals surface area contributed by atoms with E-state index in [9.17, 15) is 4.79 Å². The predicted molar refractivity (Wildman–Crippen MR) is 162 cm³/mol. The molecule has 2 nitrogen and oxygen atoms in total. The van der Waals surface area contributed by atoms with Crippen molar-refractivity contribution in [2.75, 3.05) is 6.61 Å². The van der Waals surface area contributed by atoms with E-state index in [0.29, 0.717) is 18.9 Å². The van der Waals surface area contributed by atoms with Gasteiger partial charge in [0.2, 0.25) is 0 Å². The summed E-state index contributed by atoms with van der Waals surface area (Å²) in [6.07, 6.45) is 28.4. The van der Waals surface area contributed by atoms with Crippen LogP contribution in [0, 0.1) is 19.8 Å². The number of aryl methyl sites for hydroxylation is 3. The maximum Gasteiger partial charge on any atom is 0.306 e. The lowest BCUT2D eigenvalue weighted by atomic mass is 9.94. The number of hydrogen-bond acceptors (Lipinski definition) is 2. The van der Waals surface area contributed by atoms with E-state index in [0.717, 1.165) is 6.42 Å². The van der Waals surface area contributed by atoms with Crippen LogP contribution in [0.25, 0.3) is 0 Å². The van der Waals surface area contributed by atoms with E-state index in [1.807, 2.05) is 0 Å². The van der Waals surface area contributed by atoms with E-state index in [1.54, 1.807) is 0 Å². The summed E-state index contributed by atoms with van der Waals surface area (Å²) >= 11 is 0. The first-order chi connectivity index (χ1) is 18.1. The Balaban J connectivity index is 2.29. The molecule has 0 spiro atoms. The van der Waals surface area contributed by atoms with E-state index in [1.165, 1.54) is 145 Å². The molecule has 0 saturated heterocycles. The number of esters is 1. The van der Waals surface area contributed by atoms with Crippen molar-refractivity contribution in [1.82, 2.24) is 0 Å². The molecule has 0 radical (unpaired) electrons. The Bertz CT molecular complexity index is 665. The summed E-state index contributed by atoms with van der Waals surface area (Å²) in [7, 11) is 0. The van der Waals surface area contributed by atoms with Crippen LogP contribution in [-0.4, -0.2) is 12.6 Å². The molecule has 0 amide bonds. The molecule has 0 aromatic heterocycles. The third-order valence-electron chi connectivity index (χ3n) is 8.01. The smallest absolute Gasteiger partial charge is 0.306 e. The molecule has 2 heteroatoms. The first-order valence-electron chi connectivity index (χ1n) is 16.3. The van der Waals surface area contributed by atoms with Gasteiger partial charge in [-0.25, -0.2) is 0 Å². The highest BCUT2D eigenvalue weighted by molar-refractivity contribution is 5.69. The fraction of sp³-hybridized carbons (Fsp3) is 0.800. The zero-order valence-corrected chi connectivity index (χ0v) is 25.4. The minimum Gasteiger partial charge on any atom is -0.465 e. The van der Waals surface area contributed by atoms with Crippen molar-refractivity contribution in [3.8, 4) is 0 Å². The summed E-state index contributed by atoms with van der Waals surface area (Å²) in [4.78, 5) is 12.5. The molecular formula is C35H62O2. The molecule has 1 unspecified atom stereocenters. The van der Waals surface area contributed by atoms with Gasteiger partial charge in [-0.05, 0) is 50.2 Å². The molecule has 0 N–H and O–H groups in total. The minimum atomic E-state index is -0.0241. The number of carbonyl (C=O) groups excluding carboxylic acids is 1. The van der Waals surface area contributed by atoms with Gasteiger partial charge >= 0.3 is 5.97 Å². The predicted octanol–water partition coefficient (Wildman–Crippen LogP) is 11.2. The molecule has 1 aromatic rings. The highest BCUT2D eigenvalue weighted by atomic mass is 16.5. The zero-order chi connectivity index (χ0) is 27.0. The molecule has 214 valence electrons. The van der Waals surface area contributed by atoms with Crippen LogP contribution >= 0.6 is 0 Å². The normalized spacial score (nSPS) is 12.1. The highest BCUT2D eigenvalue weighted by Crippen LogP contribution is 2.21. The second-order valence-electron chi connectivity index (χ2n) is 11.7. The van der Waals surface area contributed by atoms with Crippen molar-refractivity contribution in [3.63, 3.8) is 0 Å². The topological polar surface area (TPSA) is 26.3 Å². The third kappa shape index (κ3) is 19.4. The van der Waals surface area contributed by atoms with Crippen molar-refractivity contribution in [1.29, 1.82) is 0 Å². The molecule has 1 atom stereocenters. The molecule has 0 bridgehead atoms. The summed E-state index contributed by atoms with van der Waals surface area (Å²) in [6.45, 7) is 9.45. The van der Waals surface area contributed by atoms with Crippen LogP contribution in [0.4, 0.5) is 0 Å². The fourth-order valence-electron chi connectivity index (χ4n) is 5.44. The first-order valence-corrected chi connectivity index (χ1v) is 16.3. The largest absolute Gasteiger partial charge is 0.465 e. The third-order valence-corrected chi connectivity index (χ3v) is 8.01. The van der Waals surface area contributed by atoms with Crippen molar-refractivity contribution in [3.05, 3.63) is 34.9 Å². The molecule has 0 saturated carbocycles. The molecular weight excluding hydrogens is 452 g/mol. The number of ether oxygens (including phenoxy) is 1. The molecule has 0 aliphatic heterocycles. The number of hydrogen-bond donors (Lipinski definition) is 0. The van der Waals surface area contributed by atoms with E-state index >= 15 is 0 Å². The number of carbonyl (C=O) groups is 1. The van der Waals surface area contributed by atoms with Crippen LogP contribution in [0.5, 0.6) is 0 Å². The monoisotopic (exact) mass is 514 g/mol. The fourth-order valence-corrected chi connectivity index (χ4v) is 5.44. The lowest BCUT2D eigenvalue weighted by Gasteiger charge is -2.17. The van der Waals surface area contributed by atoms with Crippen LogP contribution < -0.4 is 0 Å². The lowest BCUT2D eigenvalue weighted by molar-refractivity contribution is -0.145. The molecule has 37 heavy (non-hydrogen) atoms. The maximum absolute atomic E-state index is 12.5. The van der Waals surface area contributed by atoms with Crippen molar-refractivity contribution in [2.45, 2.75) is 169 Å². The Hall–Kier alpha value is -1.31. The van der Waals surface area contributed by atoms with Gasteiger partial charge in [0.1, 0.15) is 0 Å². The zero-order valence-electron chi connectivity index (χ0n) is 25.4. The first kappa shape index (κ1) is 33.7. The molecule has 1 aromatic carbocycles. The summed E-state index contributed by atoms with van der Waals surface area (Å²) < 4.78 is 5.82. The van der Waals surface area contributed by atoms with Gasteiger partial charge in [0, 0.05) is 6.42 Å². The minimum absolute atomic E-state index is 0.0241. The van der Waals surface area contributed by atoms with E-state index in [2.05, 4.69) is 45.9 Å². The van der Waals surface area contributed by atoms with Gasteiger partial charge in [-0.1, -0.05) is 153 Å². The quantitative estimate of drug-likeness (QED) is 0.0957. The van der Waals surface area contributed by atoms with Crippen LogP contribution in [0.15, 0.2) is 18.2 Å². The van der Waals surface area contributed by atoms with Gasteiger partial charge in [-0.2, -0.15) is 0 Å². The second kappa shape index (κ2) is 23.8. The van der Waals surface area contributed by atoms with E-state index < -0.39 is 0 Å². The SMILES string of the molecule is CCCCCCCCCCCCC(CCCCCCCCCC)COC(=O)CCc1ccc(C)cc1C. The Morgan fingerprint density at radius 2 is 1.14 bits per heavy atom. The van der Waals surface area contributed by atoms with Gasteiger partial charge < -0.3 is 4.74 Å². The summed E-state index contributed by atoms with van der Waals surface area (Å²) in [5.41, 5.74) is 3.82. The Morgan fingerprint density at radius 1 is 0.676 bits per heavy atom. The number of benzene rings is 1. The van der Waals surface area contributed by atoms with E-state index in [-0.39, 0.29) is 5.97 Å². The lowest BCUT2D eigenvalue weighted by Crippen LogP contribution is -2.15. The van der Waals surface area contributed by atoms with Crippen LogP contribution in [0.3, 0.4) is 0 Å². The summed E-state index contributed by atoms with van der Waals surface area (Å²) in [6, 6.07) is 6.50. The Kier molecular flexibility index (Phi) is 21.7. The Labute approximate surface area is 231 Å². The maximum atomic E-state index is 12.5. The highest BCUT2D eigenvalue weighted by Gasteiger charge is 2.13. The molecule has 0 aliphatic carbocycles. The van der Waals surface area contributed by atoms with Crippen LogP contribution in [0.1, 0.15) is 165 Å². The molecule has 0 heterocycles. The average Bonchev–Trinajstić information content (AvgIpc) is 2.88.